The van der Waals surface area contributed by atoms with E-state index in [2.05, 4.69) is 5.32 Å². The number of amides is 1. The smallest absolute Gasteiger partial charge is 0.264 e. The van der Waals surface area contributed by atoms with Gasteiger partial charge in [0.15, 0.2) is 0 Å². The standard InChI is InChI=1S/C18H19ClN2O3S/c1-13(19)18(22)20-15-8-10-16(11-9-15)25(23,24)21-12-4-6-14-5-2-3-7-17(14)21/h2-3,5,7-11,13H,4,6,12H2,1H3,(H,20,22)/t13-/m0/s1. The number of carbonyl (C=O) groups excluding carboxylic acids is 1. The Labute approximate surface area is 152 Å². The molecule has 1 heterocycles. The number of nitrogens with one attached hydrogen (secondary N) is 1. The van der Waals surface area contributed by atoms with Crippen molar-refractivity contribution in [3.8, 4) is 0 Å². The molecule has 0 unspecified atom stereocenters. The highest BCUT2D eigenvalue weighted by Gasteiger charge is 2.28. The van der Waals surface area contributed by atoms with Crippen LogP contribution in [-0.2, 0) is 21.2 Å². The molecular weight excluding hydrogens is 360 g/mol. The lowest BCUT2D eigenvalue weighted by atomic mass is 10.0. The molecule has 1 amide bonds. The summed E-state index contributed by atoms with van der Waals surface area (Å²) in [5.74, 6) is -0.331. The van der Waals surface area contributed by atoms with E-state index in [0.717, 1.165) is 24.1 Å². The van der Waals surface area contributed by atoms with Crippen LogP contribution in [0.1, 0.15) is 18.9 Å². The summed E-state index contributed by atoms with van der Waals surface area (Å²) in [5, 5.41) is 1.98. The van der Waals surface area contributed by atoms with Crippen molar-refractivity contribution in [1.82, 2.24) is 0 Å². The van der Waals surface area contributed by atoms with Crippen LogP contribution >= 0.6 is 11.6 Å². The number of nitrogens with zero attached hydrogens (tertiary/aromatic N) is 1. The van der Waals surface area contributed by atoms with Crippen molar-refractivity contribution in [2.75, 3.05) is 16.2 Å². The summed E-state index contributed by atoms with van der Waals surface area (Å²) in [5.41, 5.74) is 2.29. The second-order valence-electron chi connectivity index (χ2n) is 5.94. The molecule has 0 aromatic heterocycles. The van der Waals surface area contributed by atoms with Crippen LogP contribution < -0.4 is 9.62 Å². The largest absolute Gasteiger partial charge is 0.325 e. The van der Waals surface area contributed by atoms with Gasteiger partial charge in [0.05, 0.1) is 10.6 Å². The monoisotopic (exact) mass is 378 g/mol. The highest BCUT2D eigenvalue weighted by Crippen LogP contribution is 2.32. The number of halogens is 1. The van der Waals surface area contributed by atoms with Gasteiger partial charge in [0.2, 0.25) is 5.91 Å². The van der Waals surface area contributed by atoms with Gasteiger partial charge in [0.1, 0.15) is 5.38 Å². The summed E-state index contributed by atoms with van der Waals surface area (Å²) < 4.78 is 27.5. The predicted octanol–water partition coefficient (Wildman–Crippen LogP) is 3.39. The van der Waals surface area contributed by atoms with Gasteiger partial charge in [0, 0.05) is 12.2 Å². The molecule has 0 aliphatic carbocycles. The minimum absolute atomic E-state index is 0.195. The first-order chi connectivity index (χ1) is 11.9. The molecule has 3 rings (SSSR count). The highest BCUT2D eigenvalue weighted by atomic mass is 35.5. The van der Waals surface area contributed by atoms with Crippen molar-refractivity contribution in [2.24, 2.45) is 0 Å². The van der Waals surface area contributed by atoms with Gasteiger partial charge in [-0.2, -0.15) is 0 Å². The molecule has 0 radical (unpaired) electrons. The number of sulfonamides is 1. The zero-order valence-electron chi connectivity index (χ0n) is 13.8. The molecule has 5 nitrogen and oxygen atoms in total. The van der Waals surface area contributed by atoms with Crippen molar-refractivity contribution < 1.29 is 13.2 Å². The fourth-order valence-electron chi connectivity index (χ4n) is 2.83. The lowest BCUT2D eigenvalue weighted by Gasteiger charge is -2.30. The number of hydrogen-bond donors (Lipinski definition) is 1. The number of aryl methyl sites for hydroxylation is 1. The average molecular weight is 379 g/mol. The van der Waals surface area contributed by atoms with E-state index in [1.54, 1.807) is 19.1 Å². The van der Waals surface area contributed by atoms with Gasteiger partial charge >= 0.3 is 0 Å². The Morgan fingerprint density at radius 1 is 1.16 bits per heavy atom. The van der Waals surface area contributed by atoms with Crippen molar-refractivity contribution in [1.29, 1.82) is 0 Å². The van der Waals surface area contributed by atoms with Crippen LogP contribution in [-0.4, -0.2) is 26.2 Å². The molecule has 0 saturated carbocycles. The third-order valence-electron chi connectivity index (χ3n) is 4.14. The lowest BCUT2D eigenvalue weighted by Crippen LogP contribution is -2.35. The summed E-state index contributed by atoms with van der Waals surface area (Å²) in [7, 11) is -3.64. The Morgan fingerprint density at radius 2 is 1.84 bits per heavy atom. The van der Waals surface area contributed by atoms with E-state index in [0.29, 0.717) is 12.2 Å². The first-order valence-corrected chi connectivity index (χ1v) is 9.93. The Bertz CT molecular complexity index is 879. The molecule has 7 heteroatoms. The fraction of sp³-hybridized carbons (Fsp3) is 0.278. The minimum Gasteiger partial charge on any atom is -0.325 e. The summed E-state index contributed by atoms with van der Waals surface area (Å²) in [6.07, 6.45) is 1.67. The molecule has 2 aromatic carbocycles. The van der Waals surface area contributed by atoms with E-state index in [1.807, 2.05) is 24.3 Å². The van der Waals surface area contributed by atoms with Gasteiger partial charge < -0.3 is 5.32 Å². The van der Waals surface area contributed by atoms with Crippen molar-refractivity contribution in [2.45, 2.75) is 30.0 Å². The third kappa shape index (κ3) is 3.65. The van der Waals surface area contributed by atoms with Crippen LogP contribution in [0.15, 0.2) is 53.4 Å². The van der Waals surface area contributed by atoms with Crippen LogP contribution in [0.3, 0.4) is 0 Å². The number of hydrogen-bond acceptors (Lipinski definition) is 3. The first kappa shape index (κ1) is 17.8. The van der Waals surface area contributed by atoms with E-state index in [9.17, 15) is 13.2 Å². The van der Waals surface area contributed by atoms with Gasteiger partial charge in [-0.1, -0.05) is 18.2 Å². The van der Waals surface area contributed by atoms with Gasteiger partial charge in [-0.25, -0.2) is 8.42 Å². The molecule has 1 aliphatic rings. The molecule has 1 atom stereocenters. The fourth-order valence-corrected chi connectivity index (χ4v) is 4.42. The Morgan fingerprint density at radius 3 is 2.52 bits per heavy atom. The van der Waals surface area contributed by atoms with E-state index in [4.69, 9.17) is 11.6 Å². The van der Waals surface area contributed by atoms with Gasteiger partial charge in [-0.3, -0.25) is 9.10 Å². The first-order valence-electron chi connectivity index (χ1n) is 8.05. The number of anilines is 2. The molecular formula is C18H19ClN2O3S. The van der Waals surface area contributed by atoms with Crippen LogP contribution in [0.2, 0.25) is 0 Å². The van der Waals surface area contributed by atoms with E-state index in [1.165, 1.54) is 16.4 Å². The summed E-state index contributed by atoms with van der Waals surface area (Å²) in [4.78, 5) is 11.8. The van der Waals surface area contributed by atoms with Crippen molar-refractivity contribution in [3.05, 3.63) is 54.1 Å². The molecule has 1 aliphatic heterocycles. The SMILES string of the molecule is C[C@H](Cl)C(=O)Nc1ccc(S(=O)(=O)N2CCCc3ccccc32)cc1. The lowest BCUT2D eigenvalue weighted by molar-refractivity contribution is -0.115. The molecule has 0 saturated heterocycles. The van der Waals surface area contributed by atoms with E-state index >= 15 is 0 Å². The number of rotatable bonds is 4. The van der Waals surface area contributed by atoms with Gasteiger partial charge in [0.25, 0.3) is 10.0 Å². The molecule has 2 aromatic rings. The second kappa shape index (κ2) is 7.06. The zero-order valence-corrected chi connectivity index (χ0v) is 15.3. The number of fused-ring (bicyclic) bond motifs is 1. The number of para-hydroxylation sites is 1. The number of carbonyl (C=O) groups is 1. The third-order valence-corrected chi connectivity index (χ3v) is 6.16. The van der Waals surface area contributed by atoms with Crippen molar-refractivity contribution >= 4 is 38.9 Å². The minimum atomic E-state index is -3.64. The molecule has 1 N–H and O–H groups in total. The summed E-state index contributed by atoms with van der Waals surface area (Å²) in [6, 6.07) is 13.7. The van der Waals surface area contributed by atoms with Crippen LogP contribution in [0.4, 0.5) is 11.4 Å². The zero-order chi connectivity index (χ0) is 18.0. The van der Waals surface area contributed by atoms with Crippen molar-refractivity contribution in [3.63, 3.8) is 0 Å². The van der Waals surface area contributed by atoms with Gasteiger partial charge in [-0.05, 0) is 55.7 Å². The maximum Gasteiger partial charge on any atom is 0.264 e. The topological polar surface area (TPSA) is 66.5 Å². The maximum absolute atomic E-state index is 13.0. The maximum atomic E-state index is 13.0. The molecule has 132 valence electrons. The van der Waals surface area contributed by atoms with Crippen LogP contribution in [0, 0.1) is 0 Å². The molecule has 25 heavy (non-hydrogen) atoms. The number of benzene rings is 2. The van der Waals surface area contributed by atoms with Gasteiger partial charge in [-0.15, -0.1) is 11.6 Å². The van der Waals surface area contributed by atoms with E-state index in [-0.39, 0.29) is 10.8 Å². The normalized spacial score (nSPS) is 15.4. The number of alkyl halides is 1. The predicted molar refractivity (Wildman–Crippen MR) is 99.7 cm³/mol. The Kier molecular flexibility index (Phi) is 5.01. The second-order valence-corrected chi connectivity index (χ2v) is 8.46. The summed E-state index contributed by atoms with van der Waals surface area (Å²) in [6.45, 7) is 2.03. The molecule has 0 fully saturated rings. The Balaban J connectivity index is 1.88. The Hall–Kier alpha value is -2.05. The molecule has 0 spiro atoms. The van der Waals surface area contributed by atoms with Crippen LogP contribution in [0.25, 0.3) is 0 Å². The van der Waals surface area contributed by atoms with Crippen LogP contribution in [0.5, 0.6) is 0 Å². The molecule has 0 bridgehead atoms. The highest BCUT2D eigenvalue weighted by molar-refractivity contribution is 7.92. The summed E-state index contributed by atoms with van der Waals surface area (Å²) >= 11 is 5.72. The van der Waals surface area contributed by atoms with E-state index < -0.39 is 15.4 Å². The average Bonchev–Trinajstić information content (AvgIpc) is 2.61. The quantitative estimate of drug-likeness (QED) is 0.829.